The first-order chi connectivity index (χ1) is 12.2. The Bertz CT molecular complexity index is 672. The van der Waals surface area contributed by atoms with E-state index >= 15 is 0 Å². The average Bonchev–Trinajstić information content (AvgIpc) is 2.64. The number of nitrogens with one attached hydrogen (secondary N) is 1. The van der Waals surface area contributed by atoms with Gasteiger partial charge in [-0.2, -0.15) is 0 Å². The molecule has 0 aromatic heterocycles. The molecule has 1 amide bonds. The van der Waals surface area contributed by atoms with Crippen LogP contribution < -0.4 is 14.8 Å². The van der Waals surface area contributed by atoms with Crippen LogP contribution in [0.4, 0.5) is 5.69 Å². The molecule has 2 rings (SSSR count). The molecule has 0 aliphatic heterocycles. The Labute approximate surface area is 148 Å². The van der Waals surface area contributed by atoms with E-state index in [1.54, 1.807) is 6.07 Å². The van der Waals surface area contributed by atoms with Crippen molar-refractivity contribution >= 4 is 11.6 Å². The van der Waals surface area contributed by atoms with Crippen LogP contribution in [0.1, 0.15) is 19.4 Å². The topological polar surface area (TPSA) is 56.8 Å². The fourth-order valence-electron chi connectivity index (χ4n) is 2.23. The number of benzene rings is 2. The number of carbonyl (C=O) groups is 1. The number of ether oxygens (including phenoxy) is 3. The minimum absolute atomic E-state index is 0.0391. The maximum atomic E-state index is 12.1. The highest BCUT2D eigenvalue weighted by molar-refractivity contribution is 5.92. The van der Waals surface area contributed by atoms with Crippen molar-refractivity contribution in [1.82, 2.24) is 0 Å². The lowest BCUT2D eigenvalue weighted by atomic mass is 10.2. The Morgan fingerprint density at radius 3 is 2.48 bits per heavy atom. The molecule has 0 aliphatic rings. The van der Waals surface area contributed by atoms with Crippen LogP contribution in [0, 0.1) is 0 Å². The maximum Gasteiger partial charge on any atom is 0.262 e. The van der Waals surface area contributed by atoms with Gasteiger partial charge in [-0.1, -0.05) is 25.1 Å². The van der Waals surface area contributed by atoms with Crippen LogP contribution in [0.3, 0.4) is 0 Å². The first-order valence-electron chi connectivity index (χ1n) is 8.53. The summed E-state index contributed by atoms with van der Waals surface area (Å²) in [5.41, 5.74) is 1.85. The number of anilines is 1. The smallest absolute Gasteiger partial charge is 0.262 e. The molecule has 134 valence electrons. The predicted molar refractivity (Wildman–Crippen MR) is 98.4 cm³/mol. The molecule has 0 saturated heterocycles. The summed E-state index contributed by atoms with van der Waals surface area (Å²) in [6, 6.07) is 15.0. The van der Waals surface area contributed by atoms with Crippen molar-refractivity contribution in [3.8, 4) is 11.5 Å². The lowest BCUT2D eigenvalue weighted by Crippen LogP contribution is -2.20. The number of amides is 1. The van der Waals surface area contributed by atoms with Crippen molar-refractivity contribution in [2.75, 3.05) is 31.7 Å². The van der Waals surface area contributed by atoms with Gasteiger partial charge in [0.15, 0.2) is 6.61 Å². The van der Waals surface area contributed by atoms with Crippen LogP contribution in [0.25, 0.3) is 0 Å². The van der Waals surface area contributed by atoms with Gasteiger partial charge in [0.2, 0.25) is 0 Å². The van der Waals surface area contributed by atoms with E-state index in [-0.39, 0.29) is 12.5 Å². The standard InChI is InChI=1S/C20H25NO4/c1-3-16-7-5-9-18(13-16)25-15-20(22)21-17-8-6-10-19(14-17)24-12-11-23-4-2/h5-10,13-14H,3-4,11-12,15H2,1-2H3,(H,21,22). The summed E-state index contributed by atoms with van der Waals surface area (Å²) in [6.45, 7) is 5.66. The van der Waals surface area contributed by atoms with Crippen LogP contribution in [-0.4, -0.2) is 32.3 Å². The summed E-state index contributed by atoms with van der Waals surface area (Å²) in [7, 11) is 0. The maximum absolute atomic E-state index is 12.1. The number of carbonyl (C=O) groups excluding carboxylic acids is 1. The van der Waals surface area contributed by atoms with Gasteiger partial charge >= 0.3 is 0 Å². The average molecular weight is 343 g/mol. The molecule has 0 heterocycles. The van der Waals surface area contributed by atoms with Gasteiger partial charge < -0.3 is 19.5 Å². The Kier molecular flexibility index (Phi) is 7.79. The summed E-state index contributed by atoms with van der Waals surface area (Å²) in [4.78, 5) is 12.1. The molecule has 0 bridgehead atoms. The van der Waals surface area contributed by atoms with Crippen molar-refractivity contribution in [2.24, 2.45) is 0 Å². The van der Waals surface area contributed by atoms with E-state index in [0.717, 1.165) is 6.42 Å². The SMILES string of the molecule is CCOCCOc1cccc(NC(=O)COc2cccc(CC)c2)c1. The van der Waals surface area contributed by atoms with Crippen molar-refractivity contribution < 1.29 is 19.0 Å². The van der Waals surface area contributed by atoms with Crippen molar-refractivity contribution in [1.29, 1.82) is 0 Å². The van der Waals surface area contributed by atoms with Crippen molar-refractivity contribution in [3.05, 3.63) is 54.1 Å². The lowest BCUT2D eigenvalue weighted by Gasteiger charge is -2.10. The van der Waals surface area contributed by atoms with Crippen LogP contribution in [0.5, 0.6) is 11.5 Å². The zero-order valence-electron chi connectivity index (χ0n) is 14.8. The molecule has 5 nitrogen and oxygen atoms in total. The summed E-state index contributed by atoms with van der Waals surface area (Å²) in [5, 5.41) is 2.81. The fourth-order valence-corrected chi connectivity index (χ4v) is 2.23. The van der Waals surface area contributed by atoms with E-state index in [2.05, 4.69) is 12.2 Å². The van der Waals surface area contributed by atoms with Gasteiger partial charge in [-0.05, 0) is 43.2 Å². The van der Waals surface area contributed by atoms with Gasteiger partial charge in [0.25, 0.3) is 5.91 Å². The van der Waals surface area contributed by atoms with Gasteiger partial charge in [-0.25, -0.2) is 0 Å². The Morgan fingerprint density at radius 1 is 0.960 bits per heavy atom. The second-order valence-corrected chi connectivity index (χ2v) is 5.41. The third kappa shape index (κ3) is 6.85. The quantitative estimate of drug-likeness (QED) is 0.669. The first-order valence-corrected chi connectivity index (χ1v) is 8.53. The summed E-state index contributed by atoms with van der Waals surface area (Å²) in [6.07, 6.45) is 0.930. The lowest BCUT2D eigenvalue weighted by molar-refractivity contribution is -0.118. The van der Waals surface area contributed by atoms with Gasteiger partial charge in [0.05, 0.1) is 6.61 Å². The van der Waals surface area contributed by atoms with E-state index in [9.17, 15) is 4.79 Å². The first kappa shape index (κ1) is 18.8. The minimum atomic E-state index is -0.214. The largest absolute Gasteiger partial charge is 0.491 e. The van der Waals surface area contributed by atoms with Gasteiger partial charge in [0, 0.05) is 18.4 Å². The number of rotatable bonds is 10. The highest BCUT2D eigenvalue weighted by Gasteiger charge is 2.05. The monoisotopic (exact) mass is 343 g/mol. The molecule has 0 spiro atoms. The fraction of sp³-hybridized carbons (Fsp3) is 0.350. The Balaban J connectivity index is 1.81. The third-order valence-electron chi connectivity index (χ3n) is 3.49. The molecule has 2 aromatic carbocycles. The van der Waals surface area contributed by atoms with Crippen LogP contribution in [0.2, 0.25) is 0 Å². The summed E-state index contributed by atoms with van der Waals surface area (Å²) in [5.74, 6) is 1.17. The molecule has 0 radical (unpaired) electrons. The molecule has 25 heavy (non-hydrogen) atoms. The minimum Gasteiger partial charge on any atom is -0.491 e. The molecular formula is C20H25NO4. The van der Waals surface area contributed by atoms with Crippen molar-refractivity contribution in [2.45, 2.75) is 20.3 Å². The third-order valence-corrected chi connectivity index (χ3v) is 3.49. The molecule has 0 saturated carbocycles. The molecule has 0 fully saturated rings. The summed E-state index contributed by atoms with van der Waals surface area (Å²) >= 11 is 0. The second-order valence-electron chi connectivity index (χ2n) is 5.41. The molecular weight excluding hydrogens is 318 g/mol. The highest BCUT2D eigenvalue weighted by atomic mass is 16.5. The van der Waals surface area contributed by atoms with Crippen molar-refractivity contribution in [3.63, 3.8) is 0 Å². The second kappa shape index (κ2) is 10.4. The normalized spacial score (nSPS) is 10.3. The van der Waals surface area contributed by atoms with Crippen LogP contribution in [-0.2, 0) is 16.0 Å². The van der Waals surface area contributed by atoms with Gasteiger partial charge in [-0.15, -0.1) is 0 Å². The number of hydrogen-bond donors (Lipinski definition) is 1. The van der Waals surface area contributed by atoms with Gasteiger partial charge in [-0.3, -0.25) is 4.79 Å². The number of hydrogen-bond acceptors (Lipinski definition) is 4. The molecule has 5 heteroatoms. The zero-order valence-corrected chi connectivity index (χ0v) is 14.8. The van der Waals surface area contributed by atoms with E-state index in [0.29, 0.717) is 37.0 Å². The molecule has 1 N–H and O–H groups in total. The highest BCUT2D eigenvalue weighted by Crippen LogP contribution is 2.18. The zero-order chi connectivity index (χ0) is 17.9. The molecule has 2 aromatic rings. The predicted octanol–water partition coefficient (Wildman–Crippen LogP) is 3.68. The van der Waals surface area contributed by atoms with Crippen LogP contribution in [0.15, 0.2) is 48.5 Å². The number of aryl methyl sites for hydroxylation is 1. The Morgan fingerprint density at radius 2 is 1.72 bits per heavy atom. The summed E-state index contributed by atoms with van der Waals surface area (Å²) < 4.78 is 16.4. The van der Waals surface area contributed by atoms with Gasteiger partial charge in [0.1, 0.15) is 18.1 Å². The van der Waals surface area contributed by atoms with E-state index in [1.807, 2.05) is 49.4 Å². The van der Waals surface area contributed by atoms with E-state index in [4.69, 9.17) is 14.2 Å². The molecule has 0 atom stereocenters. The molecule has 0 unspecified atom stereocenters. The molecule has 0 aliphatic carbocycles. The van der Waals surface area contributed by atoms with Crippen LogP contribution >= 0.6 is 0 Å². The van der Waals surface area contributed by atoms with E-state index < -0.39 is 0 Å². The van der Waals surface area contributed by atoms with E-state index in [1.165, 1.54) is 5.56 Å². The Hall–Kier alpha value is -2.53.